The highest BCUT2D eigenvalue weighted by molar-refractivity contribution is 9.10. The normalized spacial score (nSPS) is 11.2. The first-order valence-electron chi connectivity index (χ1n) is 4.39. The van der Waals surface area contributed by atoms with Crippen molar-refractivity contribution in [2.75, 3.05) is 13.4 Å². The summed E-state index contributed by atoms with van der Waals surface area (Å²) in [5, 5.41) is 0. The van der Waals surface area contributed by atoms with Gasteiger partial charge in [0.15, 0.2) is 9.84 Å². The Balaban J connectivity index is 3.14. The van der Waals surface area contributed by atoms with Gasteiger partial charge in [-0.2, -0.15) is 0 Å². The summed E-state index contributed by atoms with van der Waals surface area (Å²) in [6.45, 7) is 0. The van der Waals surface area contributed by atoms with E-state index in [-0.39, 0.29) is 11.3 Å². The number of ether oxygens (including phenoxy) is 1. The van der Waals surface area contributed by atoms with Crippen molar-refractivity contribution in [3.05, 3.63) is 28.2 Å². The molecule has 0 spiro atoms. The molecule has 0 amide bonds. The van der Waals surface area contributed by atoms with E-state index in [1.54, 1.807) is 6.07 Å². The standard InChI is InChI=1S/C10H11BrO4S/c1-15-10(12)5-7-3-8(11)6-9(4-7)16(2,13)14/h3-4,6H,5H2,1-2H3. The van der Waals surface area contributed by atoms with Crippen LogP contribution >= 0.6 is 15.9 Å². The molecule has 0 saturated heterocycles. The second kappa shape index (κ2) is 4.97. The van der Waals surface area contributed by atoms with Crippen molar-refractivity contribution in [1.82, 2.24) is 0 Å². The lowest BCUT2D eigenvalue weighted by Crippen LogP contribution is -2.06. The Labute approximate surface area is 103 Å². The molecule has 0 heterocycles. The summed E-state index contributed by atoms with van der Waals surface area (Å²) in [6.07, 6.45) is 1.18. The summed E-state index contributed by atoms with van der Waals surface area (Å²) in [5.41, 5.74) is 0.599. The van der Waals surface area contributed by atoms with E-state index in [0.29, 0.717) is 10.0 Å². The molecule has 0 aliphatic heterocycles. The number of hydrogen-bond acceptors (Lipinski definition) is 4. The van der Waals surface area contributed by atoms with Crippen LogP contribution in [0.2, 0.25) is 0 Å². The lowest BCUT2D eigenvalue weighted by atomic mass is 10.1. The van der Waals surface area contributed by atoms with Gasteiger partial charge >= 0.3 is 5.97 Å². The van der Waals surface area contributed by atoms with Gasteiger partial charge < -0.3 is 4.74 Å². The zero-order chi connectivity index (χ0) is 12.3. The number of methoxy groups -OCH3 is 1. The van der Waals surface area contributed by atoms with E-state index in [1.807, 2.05) is 0 Å². The van der Waals surface area contributed by atoms with Gasteiger partial charge in [0.05, 0.1) is 18.4 Å². The minimum atomic E-state index is -3.27. The average Bonchev–Trinajstić information content (AvgIpc) is 2.15. The SMILES string of the molecule is COC(=O)Cc1cc(Br)cc(S(C)(=O)=O)c1. The van der Waals surface area contributed by atoms with E-state index in [9.17, 15) is 13.2 Å². The number of benzene rings is 1. The van der Waals surface area contributed by atoms with Crippen LogP contribution in [-0.4, -0.2) is 27.8 Å². The lowest BCUT2D eigenvalue weighted by molar-refractivity contribution is -0.139. The van der Waals surface area contributed by atoms with Gasteiger partial charge in [-0.1, -0.05) is 15.9 Å². The van der Waals surface area contributed by atoms with Crippen LogP contribution in [0, 0.1) is 0 Å². The Kier molecular flexibility index (Phi) is 4.09. The number of hydrogen-bond donors (Lipinski definition) is 0. The minimum absolute atomic E-state index is 0.0540. The summed E-state index contributed by atoms with van der Waals surface area (Å²) < 4.78 is 27.8. The Bertz CT molecular complexity index is 508. The molecule has 1 rings (SSSR count). The Hall–Kier alpha value is -0.880. The highest BCUT2D eigenvalue weighted by atomic mass is 79.9. The summed E-state index contributed by atoms with van der Waals surface area (Å²) >= 11 is 3.20. The van der Waals surface area contributed by atoms with E-state index in [1.165, 1.54) is 19.2 Å². The molecule has 0 aromatic heterocycles. The van der Waals surface area contributed by atoms with E-state index in [4.69, 9.17) is 0 Å². The van der Waals surface area contributed by atoms with Crippen LogP contribution in [0.15, 0.2) is 27.6 Å². The fourth-order valence-corrected chi connectivity index (χ4v) is 2.57. The molecule has 0 aliphatic carbocycles. The second-order valence-electron chi connectivity index (χ2n) is 3.32. The molecule has 0 bridgehead atoms. The van der Waals surface area contributed by atoms with Crippen molar-refractivity contribution in [1.29, 1.82) is 0 Å². The molecule has 1 aromatic rings. The van der Waals surface area contributed by atoms with Crippen molar-refractivity contribution < 1.29 is 17.9 Å². The smallest absolute Gasteiger partial charge is 0.309 e. The van der Waals surface area contributed by atoms with Gasteiger partial charge in [-0.3, -0.25) is 4.79 Å². The number of esters is 1. The van der Waals surface area contributed by atoms with Gasteiger partial charge in [-0.25, -0.2) is 8.42 Å². The van der Waals surface area contributed by atoms with Gasteiger partial charge in [-0.05, 0) is 23.8 Å². The van der Waals surface area contributed by atoms with Crippen LogP contribution in [0.4, 0.5) is 0 Å². The largest absolute Gasteiger partial charge is 0.469 e. The number of carbonyl (C=O) groups is 1. The van der Waals surface area contributed by atoms with Gasteiger partial charge in [0.1, 0.15) is 0 Å². The molecule has 0 N–H and O–H groups in total. The molecule has 0 aliphatic rings. The molecule has 0 saturated carbocycles. The number of halogens is 1. The maximum atomic E-state index is 11.4. The quantitative estimate of drug-likeness (QED) is 0.795. The fourth-order valence-electron chi connectivity index (χ4n) is 1.18. The molecule has 0 radical (unpaired) electrons. The van der Waals surface area contributed by atoms with Crippen molar-refractivity contribution in [2.24, 2.45) is 0 Å². The highest BCUT2D eigenvalue weighted by Gasteiger charge is 2.11. The third-order valence-electron chi connectivity index (χ3n) is 1.94. The average molecular weight is 307 g/mol. The first kappa shape index (κ1) is 13.2. The van der Waals surface area contributed by atoms with Gasteiger partial charge in [0.2, 0.25) is 0 Å². The monoisotopic (exact) mass is 306 g/mol. The number of rotatable bonds is 3. The second-order valence-corrected chi connectivity index (χ2v) is 6.25. The molecule has 16 heavy (non-hydrogen) atoms. The molecule has 4 nitrogen and oxygen atoms in total. The Morgan fingerprint density at radius 2 is 2.00 bits per heavy atom. The third-order valence-corrected chi connectivity index (χ3v) is 3.49. The molecule has 0 atom stereocenters. The van der Waals surface area contributed by atoms with Crippen LogP contribution in [0.5, 0.6) is 0 Å². The predicted octanol–water partition coefficient (Wildman–Crippen LogP) is 1.57. The van der Waals surface area contributed by atoms with E-state index >= 15 is 0 Å². The zero-order valence-corrected chi connectivity index (χ0v) is 11.3. The zero-order valence-electron chi connectivity index (χ0n) is 8.86. The van der Waals surface area contributed by atoms with Gasteiger partial charge in [0.25, 0.3) is 0 Å². The van der Waals surface area contributed by atoms with Crippen LogP contribution in [0.25, 0.3) is 0 Å². The third kappa shape index (κ3) is 3.61. The topological polar surface area (TPSA) is 60.4 Å². The molecule has 1 aromatic carbocycles. The summed E-state index contributed by atoms with van der Waals surface area (Å²) in [7, 11) is -1.98. The number of sulfone groups is 1. The van der Waals surface area contributed by atoms with Gasteiger partial charge in [0, 0.05) is 10.7 Å². The van der Waals surface area contributed by atoms with Crippen molar-refractivity contribution >= 4 is 31.7 Å². The van der Waals surface area contributed by atoms with Crippen molar-refractivity contribution in [2.45, 2.75) is 11.3 Å². The fraction of sp³-hybridized carbons (Fsp3) is 0.300. The lowest BCUT2D eigenvalue weighted by Gasteiger charge is -2.04. The first-order chi connectivity index (χ1) is 7.32. The summed E-state index contributed by atoms with van der Waals surface area (Å²) in [6, 6.07) is 4.65. The highest BCUT2D eigenvalue weighted by Crippen LogP contribution is 2.20. The summed E-state index contributed by atoms with van der Waals surface area (Å²) in [4.78, 5) is 11.2. The molecule has 0 unspecified atom stereocenters. The van der Waals surface area contributed by atoms with E-state index in [2.05, 4.69) is 20.7 Å². The molecular formula is C10H11BrO4S. The van der Waals surface area contributed by atoms with Crippen LogP contribution < -0.4 is 0 Å². The molecular weight excluding hydrogens is 296 g/mol. The van der Waals surface area contributed by atoms with Gasteiger partial charge in [-0.15, -0.1) is 0 Å². The Morgan fingerprint density at radius 1 is 1.38 bits per heavy atom. The molecule has 88 valence electrons. The summed E-state index contributed by atoms with van der Waals surface area (Å²) in [5.74, 6) is -0.405. The van der Waals surface area contributed by atoms with E-state index in [0.717, 1.165) is 6.26 Å². The van der Waals surface area contributed by atoms with Crippen LogP contribution in [0.1, 0.15) is 5.56 Å². The van der Waals surface area contributed by atoms with E-state index < -0.39 is 15.8 Å². The molecule has 0 fully saturated rings. The molecule has 6 heteroatoms. The maximum Gasteiger partial charge on any atom is 0.309 e. The van der Waals surface area contributed by atoms with Crippen molar-refractivity contribution in [3.8, 4) is 0 Å². The van der Waals surface area contributed by atoms with Crippen molar-refractivity contribution in [3.63, 3.8) is 0 Å². The predicted molar refractivity (Wildman–Crippen MR) is 63.0 cm³/mol. The minimum Gasteiger partial charge on any atom is -0.469 e. The van der Waals surface area contributed by atoms with Crippen LogP contribution in [0.3, 0.4) is 0 Å². The first-order valence-corrected chi connectivity index (χ1v) is 7.07. The maximum absolute atomic E-state index is 11.4. The Morgan fingerprint density at radius 3 is 2.50 bits per heavy atom. The van der Waals surface area contributed by atoms with Crippen LogP contribution in [-0.2, 0) is 25.8 Å². The number of carbonyl (C=O) groups excluding carboxylic acids is 1.